The molecule has 9 heteroatoms. The van der Waals surface area contributed by atoms with E-state index < -0.39 is 0 Å². The summed E-state index contributed by atoms with van der Waals surface area (Å²) in [4.78, 5) is 16.8. The Labute approximate surface area is 157 Å². The van der Waals surface area contributed by atoms with E-state index in [0.717, 1.165) is 48.8 Å². The molecule has 9 nitrogen and oxygen atoms in total. The number of aryl methyl sites for hydroxylation is 2. The van der Waals surface area contributed by atoms with E-state index in [1.807, 2.05) is 44.2 Å². The normalized spacial score (nSPS) is 15.3. The number of piperazine rings is 1. The minimum absolute atomic E-state index is 0.0223. The average Bonchev–Trinajstić information content (AvgIpc) is 3.13. The van der Waals surface area contributed by atoms with Crippen molar-refractivity contribution in [2.24, 2.45) is 0 Å². The van der Waals surface area contributed by atoms with Crippen LogP contribution in [0.25, 0.3) is 5.65 Å². The number of hydrogen-bond donors (Lipinski definition) is 1. The number of tetrazole rings is 1. The summed E-state index contributed by atoms with van der Waals surface area (Å²) in [6, 6.07) is 9.80. The third-order valence-electron chi connectivity index (χ3n) is 4.86. The average molecular weight is 366 g/mol. The minimum atomic E-state index is 0.0223. The van der Waals surface area contributed by atoms with Crippen LogP contribution in [-0.2, 0) is 4.79 Å². The second-order valence-electron chi connectivity index (χ2n) is 6.80. The summed E-state index contributed by atoms with van der Waals surface area (Å²) in [5.41, 5.74) is 3.70. The molecule has 0 saturated carbocycles. The number of carbonyl (C=O) groups is 1. The molecule has 1 aliphatic rings. The molecule has 0 unspecified atom stereocenters. The molecule has 2 aromatic heterocycles. The van der Waals surface area contributed by atoms with Gasteiger partial charge in [-0.2, -0.15) is 0 Å². The van der Waals surface area contributed by atoms with Gasteiger partial charge in [-0.15, -0.1) is 14.8 Å². The molecule has 3 aromatic rings. The van der Waals surface area contributed by atoms with E-state index in [2.05, 4.69) is 35.7 Å². The van der Waals surface area contributed by atoms with Gasteiger partial charge in [-0.3, -0.25) is 9.69 Å². The highest BCUT2D eigenvalue weighted by Gasteiger charge is 2.21. The van der Waals surface area contributed by atoms with Gasteiger partial charge in [-0.1, -0.05) is 18.2 Å². The van der Waals surface area contributed by atoms with Crippen LogP contribution in [0.2, 0.25) is 0 Å². The first-order valence-corrected chi connectivity index (χ1v) is 8.99. The van der Waals surface area contributed by atoms with Crippen LogP contribution in [0.15, 0.2) is 30.3 Å². The number of amides is 1. The number of anilines is 2. The quantitative estimate of drug-likeness (QED) is 0.733. The second-order valence-corrected chi connectivity index (χ2v) is 6.80. The SMILES string of the molecule is Cc1cccc(C)c1NC(=O)CN1CCN(c2ccc3nnnn3n2)CC1. The van der Waals surface area contributed by atoms with E-state index in [1.165, 1.54) is 4.63 Å². The lowest BCUT2D eigenvalue weighted by molar-refractivity contribution is -0.117. The van der Waals surface area contributed by atoms with Gasteiger partial charge < -0.3 is 10.2 Å². The van der Waals surface area contributed by atoms with Crippen LogP contribution < -0.4 is 10.2 Å². The standard InChI is InChI=1S/C18H22N8O/c1-13-4-3-5-14(2)18(13)19-17(27)12-24-8-10-25(11-9-24)16-7-6-15-20-22-23-26(15)21-16/h3-7H,8-12H2,1-2H3,(H,19,27). The summed E-state index contributed by atoms with van der Waals surface area (Å²) in [6.45, 7) is 7.62. The molecule has 0 aliphatic carbocycles. The van der Waals surface area contributed by atoms with Gasteiger partial charge in [0.25, 0.3) is 0 Å². The van der Waals surface area contributed by atoms with Crippen molar-refractivity contribution in [3.8, 4) is 0 Å². The van der Waals surface area contributed by atoms with Gasteiger partial charge in [0.15, 0.2) is 11.5 Å². The molecule has 1 aromatic carbocycles. The maximum atomic E-state index is 12.4. The van der Waals surface area contributed by atoms with Gasteiger partial charge >= 0.3 is 0 Å². The van der Waals surface area contributed by atoms with Crippen LogP contribution in [0.5, 0.6) is 0 Å². The molecular weight excluding hydrogens is 344 g/mol. The van der Waals surface area contributed by atoms with Gasteiger partial charge in [-0.05, 0) is 47.5 Å². The Bertz CT molecular complexity index is 941. The van der Waals surface area contributed by atoms with Crippen LogP contribution >= 0.6 is 0 Å². The maximum Gasteiger partial charge on any atom is 0.238 e. The first kappa shape index (κ1) is 17.3. The Morgan fingerprint density at radius 2 is 1.81 bits per heavy atom. The molecule has 1 N–H and O–H groups in total. The van der Waals surface area contributed by atoms with E-state index in [4.69, 9.17) is 0 Å². The molecule has 0 atom stereocenters. The zero-order chi connectivity index (χ0) is 18.8. The van der Waals surface area contributed by atoms with E-state index in [-0.39, 0.29) is 5.91 Å². The van der Waals surface area contributed by atoms with Crippen molar-refractivity contribution < 1.29 is 4.79 Å². The topological polar surface area (TPSA) is 91.5 Å². The fourth-order valence-corrected chi connectivity index (χ4v) is 3.34. The van der Waals surface area contributed by atoms with Crippen molar-refractivity contribution in [2.75, 3.05) is 42.9 Å². The highest BCUT2D eigenvalue weighted by molar-refractivity contribution is 5.93. The lowest BCUT2D eigenvalue weighted by Gasteiger charge is -2.34. The second kappa shape index (κ2) is 7.28. The monoisotopic (exact) mass is 366 g/mol. The molecule has 0 bridgehead atoms. The van der Waals surface area contributed by atoms with E-state index >= 15 is 0 Å². The number of nitrogens with zero attached hydrogens (tertiary/aromatic N) is 7. The van der Waals surface area contributed by atoms with Crippen molar-refractivity contribution in [1.29, 1.82) is 0 Å². The highest BCUT2D eigenvalue weighted by atomic mass is 16.2. The molecule has 27 heavy (non-hydrogen) atoms. The molecule has 0 radical (unpaired) electrons. The number of aromatic nitrogens is 5. The van der Waals surface area contributed by atoms with Crippen LogP contribution in [0, 0.1) is 13.8 Å². The Morgan fingerprint density at radius 1 is 1.07 bits per heavy atom. The molecule has 1 aliphatic heterocycles. The lowest BCUT2D eigenvalue weighted by Crippen LogP contribution is -2.49. The molecule has 3 heterocycles. The summed E-state index contributed by atoms with van der Waals surface area (Å²) in [5, 5.41) is 18.8. The summed E-state index contributed by atoms with van der Waals surface area (Å²) in [7, 11) is 0. The number of para-hydroxylation sites is 1. The number of hydrogen-bond acceptors (Lipinski definition) is 7. The fourth-order valence-electron chi connectivity index (χ4n) is 3.34. The molecule has 1 saturated heterocycles. The van der Waals surface area contributed by atoms with Crippen molar-refractivity contribution in [2.45, 2.75) is 13.8 Å². The van der Waals surface area contributed by atoms with E-state index in [1.54, 1.807) is 0 Å². The number of nitrogens with one attached hydrogen (secondary N) is 1. The van der Waals surface area contributed by atoms with Crippen molar-refractivity contribution in [1.82, 2.24) is 30.2 Å². The summed E-state index contributed by atoms with van der Waals surface area (Å²) >= 11 is 0. The highest BCUT2D eigenvalue weighted by Crippen LogP contribution is 2.19. The number of rotatable bonds is 4. The molecule has 140 valence electrons. The first-order valence-electron chi connectivity index (χ1n) is 8.99. The Morgan fingerprint density at radius 3 is 2.56 bits per heavy atom. The van der Waals surface area contributed by atoms with Crippen molar-refractivity contribution in [3.05, 3.63) is 41.5 Å². The van der Waals surface area contributed by atoms with Crippen LogP contribution in [0.4, 0.5) is 11.5 Å². The number of benzene rings is 1. The third-order valence-corrected chi connectivity index (χ3v) is 4.86. The third kappa shape index (κ3) is 3.72. The van der Waals surface area contributed by atoms with Crippen LogP contribution in [0.1, 0.15) is 11.1 Å². The van der Waals surface area contributed by atoms with Gasteiger partial charge in [0, 0.05) is 31.9 Å². The zero-order valence-electron chi connectivity index (χ0n) is 15.5. The smallest absolute Gasteiger partial charge is 0.238 e. The molecule has 0 spiro atoms. The predicted molar refractivity (Wildman–Crippen MR) is 102 cm³/mol. The lowest BCUT2D eigenvalue weighted by atomic mass is 10.1. The molecule has 1 amide bonds. The number of carbonyl (C=O) groups excluding carboxylic acids is 1. The predicted octanol–water partition coefficient (Wildman–Crippen LogP) is 0.897. The molecular formula is C18H22N8O. The fraction of sp³-hybridized carbons (Fsp3) is 0.389. The summed E-state index contributed by atoms with van der Waals surface area (Å²) in [6.07, 6.45) is 0. The van der Waals surface area contributed by atoms with Gasteiger partial charge in [0.05, 0.1) is 6.54 Å². The van der Waals surface area contributed by atoms with Crippen LogP contribution in [0.3, 0.4) is 0 Å². The summed E-state index contributed by atoms with van der Waals surface area (Å²) in [5.74, 6) is 0.864. The van der Waals surface area contributed by atoms with Gasteiger partial charge in [0.1, 0.15) is 0 Å². The maximum absolute atomic E-state index is 12.4. The van der Waals surface area contributed by atoms with Crippen molar-refractivity contribution in [3.63, 3.8) is 0 Å². The molecule has 4 rings (SSSR count). The molecule has 1 fully saturated rings. The van der Waals surface area contributed by atoms with Gasteiger partial charge in [0.2, 0.25) is 5.91 Å². The Hall–Kier alpha value is -3.07. The minimum Gasteiger partial charge on any atom is -0.353 e. The summed E-state index contributed by atoms with van der Waals surface area (Å²) < 4.78 is 1.43. The Kier molecular flexibility index (Phi) is 4.68. The Balaban J connectivity index is 1.33. The van der Waals surface area contributed by atoms with E-state index in [0.29, 0.717) is 12.2 Å². The van der Waals surface area contributed by atoms with Crippen molar-refractivity contribution >= 4 is 23.1 Å². The zero-order valence-corrected chi connectivity index (χ0v) is 15.5. The van der Waals surface area contributed by atoms with Crippen LogP contribution in [-0.4, -0.2) is 68.8 Å². The van der Waals surface area contributed by atoms with Gasteiger partial charge in [-0.25, -0.2) is 0 Å². The first-order chi connectivity index (χ1) is 13.1. The van der Waals surface area contributed by atoms with E-state index in [9.17, 15) is 4.79 Å². The largest absolute Gasteiger partial charge is 0.353 e. The number of fused-ring (bicyclic) bond motifs is 1.